The van der Waals surface area contributed by atoms with Gasteiger partial charge in [0.05, 0.1) is 0 Å². The van der Waals surface area contributed by atoms with E-state index in [4.69, 9.17) is 17.0 Å². The molecule has 2 N–H and O–H groups in total. The van der Waals surface area contributed by atoms with Crippen molar-refractivity contribution in [2.24, 2.45) is 0 Å². The molecule has 0 aliphatic carbocycles. The number of benzene rings is 1. The Morgan fingerprint density at radius 2 is 2.12 bits per heavy atom. The highest BCUT2D eigenvalue weighted by Crippen LogP contribution is 2.05. The van der Waals surface area contributed by atoms with E-state index in [1.54, 1.807) is 6.08 Å². The highest BCUT2D eigenvalue weighted by molar-refractivity contribution is 6.67. The van der Waals surface area contributed by atoms with E-state index in [9.17, 15) is 0 Å². The van der Waals surface area contributed by atoms with Crippen LogP contribution in [0.25, 0.3) is 6.08 Å². The van der Waals surface area contributed by atoms with Crippen molar-refractivity contribution >= 4 is 22.8 Å². The predicted molar refractivity (Wildman–Crippen MR) is 68.2 cm³/mol. The summed E-state index contributed by atoms with van der Waals surface area (Å²) in [5.41, 5.74) is 1.17. The summed E-state index contributed by atoms with van der Waals surface area (Å²) in [4.78, 5) is 4.27. The number of allylic oxidation sites excluding steroid dienone is 1. The fraction of sp³-hybridized carbons (Fsp3) is 0.0833. The zero-order valence-electron chi connectivity index (χ0n) is 9.02. The molecule has 0 spiro atoms. The second kappa shape index (κ2) is 5.41. The molecule has 0 fully saturated rings. The highest BCUT2D eigenvalue weighted by atomic mass is 35.5. The topological polar surface area (TPSA) is 65.4 Å². The van der Waals surface area contributed by atoms with Gasteiger partial charge in [-0.25, -0.2) is 4.98 Å². The first kappa shape index (κ1) is 11.5. The molecule has 2 rings (SSSR count). The molecule has 17 heavy (non-hydrogen) atoms. The molecule has 86 valence electrons. The van der Waals surface area contributed by atoms with Crippen LogP contribution in [0.5, 0.6) is 0 Å². The van der Waals surface area contributed by atoms with Crippen LogP contribution >= 0.6 is 11.6 Å². The minimum atomic E-state index is -0.0422. The first-order valence-corrected chi connectivity index (χ1v) is 5.49. The van der Waals surface area contributed by atoms with Crippen molar-refractivity contribution < 1.29 is 0 Å². The molecule has 4 nitrogen and oxygen atoms in total. The summed E-state index contributed by atoms with van der Waals surface area (Å²) < 4.78 is 0. The molecule has 1 heterocycles. The fourth-order valence-electron chi connectivity index (χ4n) is 1.40. The van der Waals surface area contributed by atoms with Gasteiger partial charge < -0.3 is 0 Å². The Balaban J connectivity index is 2.06. The lowest BCUT2D eigenvalue weighted by atomic mass is 10.1. The van der Waals surface area contributed by atoms with Gasteiger partial charge in [0, 0.05) is 6.42 Å². The molecule has 0 radical (unpaired) electrons. The van der Waals surface area contributed by atoms with Gasteiger partial charge >= 0.3 is 0 Å². The quantitative estimate of drug-likeness (QED) is 0.815. The van der Waals surface area contributed by atoms with Gasteiger partial charge in [0.1, 0.15) is 11.0 Å². The van der Waals surface area contributed by atoms with E-state index in [0.717, 1.165) is 5.82 Å². The van der Waals surface area contributed by atoms with Gasteiger partial charge in [0.25, 0.3) is 0 Å². The average molecular weight is 247 g/mol. The van der Waals surface area contributed by atoms with Gasteiger partial charge in [-0.1, -0.05) is 41.9 Å². The van der Waals surface area contributed by atoms with Crippen LogP contribution in [0.1, 0.15) is 17.2 Å². The lowest BCUT2D eigenvalue weighted by Gasteiger charge is -1.95. The molecular weight excluding hydrogens is 236 g/mol. The molecule has 0 atom stereocenters. The number of aromatic nitrogens is 3. The summed E-state index contributed by atoms with van der Waals surface area (Å²) in [6.45, 7) is 0. The van der Waals surface area contributed by atoms with Crippen molar-refractivity contribution in [3.05, 3.63) is 53.6 Å². The number of hydrogen-bond acceptors (Lipinski definition) is 3. The van der Waals surface area contributed by atoms with Crippen LogP contribution in [-0.4, -0.2) is 20.4 Å². The predicted octanol–water partition coefficient (Wildman–Crippen LogP) is 2.62. The summed E-state index contributed by atoms with van der Waals surface area (Å²) in [6.07, 6.45) is 3.75. The van der Waals surface area contributed by atoms with E-state index in [-0.39, 0.29) is 5.17 Å². The van der Waals surface area contributed by atoms with Crippen molar-refractivity contribution in [1.29, 1.82) is 5.41 Å². The summed E-state index contributed by atoms with van der Waals surface area (Å²) in [5, 5.41) is 13.9. The minimum Gasteiger partial charge on any atom is -0.289 e. The maximum atomic E-state index is 7.04. The second-order valence-electron chi connectivity index (χ2n) is 3.48. The third-order valence-corrected chi connectivity index (χ3v) is 2.27. The van der Waals surface area contributed by atoms with E-state index in [2.05, 4.69) is 15.2 Å². The minimum absolute atomic E-state index is 0.0422. The third-order valence-electron chi connectivity index (χ3n) is 2.14. The summed E-state index contributed by atoms with van der Waals surface area (Å²) in [6, 6.07) is 10.0. The molecule has 1 aromatic heterocycles. The zero-order chi connectivity index (χ0) is 12.1. The first-order valence-electron chi connectivity index (χ1n) is 5.11. The largest absolute Gasteiger partial charge is 0.289 e. The van der Waals surface area contributed by atoms with E-state index in [1.807, 2.05) is 30.3 Å². The van der Waals surface area contributed by atoms with E-state index < -0.39 is 0 Å². The van der Waals surface area contributed by atoms with E-state index in [1.165, 1.54) is 11.6 Å². The van der Waals surface area contributed by atoms with Crippen molar-refractivity contribution in [2.75, 3.05) is 0 Å². The lowest BCUT2D eigenvalue weighted by Crippen LogP contribution is -1.90. The number of hydrogen-bond donors (Lipinski definition) is 2. The normalized spacial score (nSPS) is 10.9. The fourth-order valence-corrected chi connectivity index (χ4v) is 1.46. The monoisotopic (exact) mass is 246 g/mol. The molecule has 0 saturated heterocycles. The number of nitrogens with one attached hydrogen (secondary N) is 2. The maximum absolute atomic E-state index is 7.04. The van der Waals surface area contributed by atoms with Crippen LogP contribution in [0.3, 0.4) is 0 Å². The summed E-state index contributed by atoms with van der Waals surface area (Å²) >= 11 is 5.39. The number of aromatic amines is 1. The number of H-pyrrole nitrogens is 1. The number of halogens is 1. The molecule has 0 unspecified atom stereocenters. The van der Waals surface area contributed by atoms with Gasteiger partial charge in [-0.2, -0.15) is 5.10 Å². The summed E-state index contributed by atoms with van der Waals surface area (Å²) in [7, 11) is 0. The van der Waals surface area contributed by atoms with Gasteiger partial charge in [0.15, 0.2) is 5.82 Å². The van der Waals surface area contributed by atoms with E-state index >= 15 is 0 Å². The Labute approximate surface area is 104 Å². The van der Waals surface area contributed by atoms with Crippen LogP contribution in [0.15, 0.2) is 36.4 Å². The smallest absolute Gasteiger partial charge is 0.174 e. The van der Waals surface area contributed by atoms with Crippen LogP contribution in [-0.2, 0) is 6.42 Å². The molecule has 0 aliphatic heterocycles. The molecular formula is C12H11ClN4. The van der Waals surface area contributed by atoms with Crippen molar-refractivity contribution in [3.8, 4) is 0 Å². The molecule has 1 aromatic carbocycles. The Hall–Kier alpha value is -1.94. The second-order valence-corrected chi connectivity index (χ2v) is 3.89. The van der Waals surface area contributed by atoms with Crippen LogP contribution < -0.4 is 0 Å². The van der Waals surface area contributed by atoms with Crippen LogP contribution in [0.2, 0.25) is 0 Å². The molecule has 0 bridgehead atoms. The third kappa shape index (κ3) is 3.53. The number of nitrogens with zero attached hydrogens (tertiary/aromatic N) is 2. The SMILES string of the molecule is N=C(Cl)/C=C\c1n[nH]c(Cc2ccccc2)n1. The molecule has 0 aliphatic rings. The van der Waals surface area contributed by atoms with E-state index in [0.29, 0.717) is 12.2 Å². The average Bonchev–Trinajstić information content (AvgIpc) is 2.75. The lowest BCUT2D eigenvalue weighted by molar-refractivity contribution is 0.972. The Morgan fingerprint density at radius 1 is 1.35 bits per heavy atom. The van der Waals surface area contributed by atoms with Crippen molar-refractivity contribution in [1.82, 2.24) is 15.2 Å². The molecule has 2 aromatic rings. The Bertz CT molecular complexity index is 530. The van der Waals surface area contributed by atoms with Gasteiger partial charge in [-0.05, 0) is 17.7 Å². The molecule has 5 heteroatoms. The summed E-state index contributed by atoms with van der Waals surface area (Å²) in [5.74, 6) is 1.32. The highest BCUT2D eigenvalue weighted by Gasteiger charge is 2.01. The molecule has 0 amide bonds. The van der Waals surface area contributed by atoms with Crippen LogP contribution in [0.4, 0.5) is 0 Å². The zero-order valence-corrected chi connectivity index (χ0v) is 9.78. The first-order chi connectivity index (χ1) is 8.24. The van der Waals surface area contributed by atoms with Gasteiger partial charge in [-0.3, -0.25) is 10.5 Å². The van der Waals surface area contributed by atoms with Crippen molar-refractivity contribution in [2.45, 2.75) is 6.42 Å². The number of rotatable bonds is 4. The van der Waals surface area contributed by atoms with Gasteiger partial charge in [-0.15, -0.1) is 0 Å². The standard InChI is InChI=1S/C12H11ClN4/c13-10(14)6-7-11-15-12(17-16-11)8-9-4-2-1-3-5-9/h1-7,14H,8H2,(H,15,16,17)/b7-6-,14-10?. The maximum Gasteiger partial charge on any atom is 0.174 e. The Kier molecular flexibility index (Phi) is 3.67. The van der Waals surface area contributed by atoms with Crippen molar-refractivity contribution in [3.63, 3.8) is 0 Å². The van der Waals surface area contributed by atoms with Gasteiger partial charge in [0.2, 0.25) is 0 Å². The molecule has 0 saturated carbocycles. The Morgan fingerprint density at radius 3 is 2.82 bits per heavy atom. The van der Waals surface area contributed by atoms with Crippen LogP contribution in [0, 0.1) is 5.41 Å².